The molecule has 0 bridgehead atoms. The van der Waals surface area contributed by atoms with E-state index >= 15 is 0 Å². The van der Waals surface area contributed by atoms with E-state index in [1.54, 1.807) is 37.8 Å². The van der Waals surface area contributed by atoms with Gasteiger partial charge in [-0.3, -0.25) is 0 Å². The molecule has 0 aliphatic carbocycles. The van der Waals surface area contributed by atoms with Crippen molar-refractivity contribution >= 4 is 11.8 Å². The van der Waals surface area contributed by atoms with Crippen molar-refractivity contribution in [2.75, 3.05) is 21.3 Å². The lowest BCUT2D eigenvalue weighted by Crippen LogP contribution is -1.99. The molecule has 0 amide bonds. The molecular formula is C23H21N3O3S. The van der Waals surface area contributed by atoms with Gasteiger partial charge in [0.05, 0.1) is 27.5 Å². The second-order valence-electron chi connectivity index (χ2n) is 6.36. The monoisotopic (exact) mass is 419 g/mol. The normalized spacial score (nSPS) is 10.6. The van der Waals surface area contributed by atoms with Crippen molar-refractivity contribution in [2.24, 2.45) is 0 Å². The number of hydrogen-bond acceptors (Lipinski definition) is 6. The highest BCUT2D eigenvalue weighted by molar-refractivity contribution is 7.99. The van der Waals surface area contributed by atoms with E-state index in [0.29, 0.717) is 5.75 Å². The van der Waals surface area contributed by atoms with Crippen molar-refractivity contribution in [3.63, 3.8) is 0 Å². The van der Waals surface area contributed by atoms with E-state index in [1.807, 2.05) is 66.9 Å². The van der Waals surface area contributed by atoms with Crippen molar-refractivity contribution in [3.05, 3.63) is 72.9 Å². The molecule has 1 aromatic heterocycles. The van der Waals surface area contributed by atoms with E-state index in [9.17, 15) is 0 Å². The number of rotatable bonds is 7. The van der Waals surface area contributed by atoms with Crippen molar-refractivity contribution in [3.8, 4) is 34.2 Å². The lowest BCUT2D eigenvalue weighted by atomic mass is 10.2. The summed E-state index contributed by atoms with van der Waals surface area (Å²) < 4.78 is 17.7. The first-order valence-electron chi connectivity index (χ1n) is 9.28. The van der Waals surface area contributed by atoms with Crippen LogP contribution in [0.5, 0.6) is 17.2 Å². The Morgan fingerprint density at radius 1 is 0.800 bits per heavy atom. The van der Waals surface area contributed by atoms with E-state index < -0.39 is 0 Å². The fourth-order valence-electron chi connectivity index (χ4n) is 3.02. The molecule has 6 nitrogen and oxygen atoms in total. The zero-order chi connectivity index (χ0) is 20.9. The second kappa shape index (κ2) is 8.92. The molecule has 4 aromatic rings. The van der Waals surface area contributed by atoms with Crippen molar-refractivity contribution in [1.82, 2.24) is 15.0 Å². The molecule has 30 heavy (non-hydrogen) atoms. The SMILES string of the molecule is COc1ccc(Sc2ccccc2-c2cn(-c3ccc(OC)cc3OC)nn2)cc1. The van der Waals surface area contributed by atoms with Crippen LogP contribution in [0.4, 0.5) is 0 Å². The number of ether oxygens (including phenoxy) is 3. The van der Waals surface area contributed by atoms with Crippen LogP contribution in [0.15, 0.2) is 82.7 Å². The predicted molar refractivity (Wildman–Crippen MR) is 117 cm³/mol. The van der Waals surface area contributed by atoms with Gasteiger partial charge in [0.2, 0.25) is 0 Å². The lowest BCUT2D eigenvalue weighted by Gasteiger charge is -2.09. The third-order valence-corrected chi connectivity index (χ3v) is 5.66. The van der Waals surface area contributed by atoms with Gasteiger partial charge < -0.3 is 14.2 Å². The zero-order valence-corrected chi connectivity index (χ0v) is 17.7. The Balaban J connectivity index is 1.65. The summed E-state index contributed by atoms with van der Waals surface area (Å²) in [7, 11) is 4.91. The number of nitrogens with zero attached hydrogens (tertiary/aromatic N) is 3. The maximum absolute atomic E-state index is 5.50. The molecule has 7 heteroatoms. The van der Waals surface area contributed by atoms with Crippen LogP contribution in [0, 0.1) is 0 Å². The Bertz CT molecular complexity index is 1140. The van der Waals surface area contributed by atoms with Gasteiger partial charge in [0.1, 0.15) is 28.6 Å². The van der Waals surface area contributed by atoms with Gasteiger partial charge >= 0.3 is 0 Å². The van der Waals surface area contributed by atoms with Gasteiger partial charge in [-0.2, -0.15) is 0 Å². The minimum absolute atomic E-state index is 0.659. The van der Waals surface area contributed by atoms with Gasteiger partial charge in [-0.25, -0.2) is 4.68 Å². The van der Waals surface area contributed by atoms with E-state index in [-0.39, 0.29) is 0 Å². The average Bonchev–Trinajstić information content (AvgIpc) is 3.29. The van der Waals surface area contributed by atoms with Gasteiger partial charge in [0, 0.05) is 21.4 Å². The summed E-state index contributed by atoms with van der Waals surface area (Å²) >= 11 is 1.67. The van der Waals surface area contributed by atoms with Crippen molar-refractivity contribution in [2.45, 2.75) is 9.79 Å². The van der Waals surface area contributed by atoms with Gasteiger partial charge in [-0.05, 0) is 42.5 Å². The molecule has 0 radical (unpaired) electrons. The summed E-state index contributed by atoms with van der Waals surface area (Å²) in [4.78, 5) is 2.21. The summed E-state index contributed by atoms with van der Waals surface area (Å²) in [5.41, 5.74) is 2.58. The topological polar surface area (TPSA) is 58.4 Å². The maximum Gasteiger partial charge on any atom is 0.148 e. The molecule has 3 aromatic carbocycles. The Labute approximate surface area is 179 Å². The third kappa shape index (κ3) is 4.11. The fourth-order valence-corrected chi connectivity index (χ4v) is 3.97. The first-order chi connectivity index (χ1) is 14.7. The molecule has 0 unspecified atom stereocenters. The highest BCUT2D eigenvalue weighted by atomic mass is 32.2. The highest BCUT2D eigenvalue weighted by Crippen LogP contribution is 2.36. The van der Waals surface area contributed by atoms with Crippen LogP contribution >= 0.6 is 11.8 Å². The standard InChI is InChI=1S/C23H21N3O3S/c1-27-16-8-11-18(12-9-16)30-23-7-5-4-6-19(23)20-15-26(25-24-20)21-13-10-17(28-2)14-22(21)29-3/h4-15H,1-3H3. The molecule has 0 aliphatic rings. The summed E-state index contributed by atoms with van der Waals surface area (Å²) in [5, 5.41) is 8.72. The first-order valence-corrected chi connectivity index (χ1v) is 10.1. The largest absolute Gasteiger partial charge is 0.497 e. The third-order valence-electron chi connectivity index (χ3n) is 4.58. The summed E-state index contributed by atoms with van der Waals surface area (Å²) in [6.45, 7) is 0. The average molecular weight is 420 g/mol. The summed E-state index contributed by atoms with van der Waals surface area (Å²) in [6.07, 6.45) is 1.90. The molecule has 4 rings (SSSR count). The van der Waals surface area contributed by atoms with E-state index in [0.717, 1.165) is 38.2 Å². The zero-order valence-electron chi connectivity index (χ0n) is 16.9. The van der Waals surface area contributed by atoms with E-state index in [4.69, 9.17) is 14.2 Å². The molecule has 1 heterocycles. The molecule has 152 valence electrons. The lowest BCUT2D eigenvalue weighted by molar-refractivity contribution is 0.392. The molecule has 0 fully saturated rings. The van der Waals surface area contributed by atoms with Gasteiger partial charge in [-0.1, -0.05) is 35.2 Å². The molecule has 0 saturated heterocycles. The number of benzene rings is 3. The molecular weight excluding hydrogens is 398 g/mol. The molecule has 0 atom stereocenters. The van der Waals surface area contributed by atoms with Crippen LogP contribution in [-0.2, 0) is 0 Å². The van der Waals surface area contributed by atoms with Gasteiger partial charge in [-0.15, -0.1) is 5.10 Å². The second-order valence-corrected chi connectivity index (χ2v) is 7.48. The Morgan fingerprint density at radius 2 is 1.53 bits per heavy atom. The van der Waals surface area contributed by atoms with Gasteiger partial charge in [0.15, 0.2) is 0 Å². The Hall–Kier alpha value is -3.45. The molecule has 0 spiro atoms. The smallest absolute Gasteiger partial charge is 0.148 e. The van der Waals surface area contributed by atoms with Crippen LogP contribution in [0.3, 0.4) is 0 Å². The van der Waals surface area contributed by atoms with Crippen LogP contribution in [0.2, 0.25) is 0 Å². The minimum Gasteiger partial charge on any atom is -0.497 e. The van der Waals surface area contributed by atoms with Crippen molar-refractivity contribution in [1.29, 1.82) is 0 Å². The predicted octanol–water partition coefficient (Wildman–Crippen LogP) is 5.11. The van der Waals surface area contributed by atoms with Crippen LogP contribution in [0.25, 0.3) is 16.9 Å². The summed E-state index contributed by atoms with van der Waals surface area (Å²) in [5.74, 6) is 2.22. The number of methoxy groups -OCH3 is 3. The quantitative estimate of drug-likeness (QED) is 0.415. The van der Waals surface area contributed by atoms with Crippen LogP contribution < -0.4 is 14.2 Å². The summed E-state index contributed by atoms with van der Waals surface area (Å²) in [6, 6.07) is 21.7. The maximum atomic E-state index is 5.50. The van der Waals surface area contributed by atoms with Crippen molar-refractivity contribution < 1.29 is 14.2 Å². The molecule has 0 saturated carbocycles. The molecule has 0 aliphatic heterocycles. The Morgan fingerprint density at radius 3 is 2.27 bits per heavy atom. The highest BCUT2D eigenvalue weighted by Gasteiger charge is 2.14. The molecule has 0 N–H and O–H groups in total. The Kier molecular flexibility index (Phi) is 5.90. The minimum atomic E-state index is 0.659. The van der Waals surface area contributed by atoms with Crippen LogP contribution in [-0.4, -0.2) is 36.3 Å². The van der Waals surface area contributed by atoms with E-state index in [2.05, 4.69) is 16.4 Å². The van der Waals surface area contributed by atoms with E-state index in [1.165, 1.54) is 0 Å². The number of hydrogen-bond donors (Lipinski definition) is 0. The first kappa shape index (κ1) is 19.8. The number of aromatic nitrogens is 3. The van der Waals surface area contributed by atoms with Crippen LogP contribution in [0.1, 0.15) is 0 Å². The van der Waals surface area contributed by atoms with Gasteiger partial charge in [0.25, 0.3) is 0 Å². The fraction of sp³-hybridized carbons (Fsp3) is 0.130.